The van der Waals surface area contributed by atoms with Crippen LogP contribution < -0.4 is 16.0 Å². The summed E-state index contributed by atoms with van der Waals surface area (Å²) >= 11 is 0. The number of amides is 2. The van der Waals surface area contributed by atoms with E-state index < -0.39 is 0 Å². The van der Waals surface area contributed by atoms with Gasteiger partial charge in [-0.15, -0.1) is 0 Å². The summed E-state index contributed by atoms with van der Waals surface area (Å²) in [5, 5.41) is 8.75. The molecule has 19 heavy (non-hydrogen) atoms. The summed E-state index contributed by atoms with van der Waals surface area (Å²) in [6.45, 7) is 7.94. The highest BCUT2D eigenvalue weighted by atomic mass is 16.2. The summed E-state index contributed by atoms with van der Waals surface area (Å²) in [7, 11) is 0. The first-order valence-electron chi connectivity index (χ1n) is 7.39. The van der Waals surface area contributed by atoms with Crippen molar-refractivity contribution in [2.75, 3.05) is 19.6 Å². The third kappa shape index (κ3) is 10.5. The first kappa shape index (κ1) is 17.9. The molecule has 3 N–H and O–H groups in total. The molecule has 5 heteroatoms. The minimum atomic E-state index is -0.249. The summed E-state index contributed by atoms with van der Waals surface area (Å²) in [6.07, 6.45) is 4.66. The maximum absolute atomic E-state index is 11.7. The van der Waals surface area contributed by atoms with Gasteiger partial charge in [0, 0.05) is 26.1 Å². The zero-order valence-electron chi connectivity index (χ0n) is 12.6. The Kier molecular flexibility index (Phi) is 11.3. The van der Waals surface area contributed by atoms with Crippen molar-refractivity contribution in [1.82, 2.24) is 16.0 Å². The van der Waals surface area contributed by atoms with Crippen LogP contribution in [-0.4, -0.2) is 37.5 Å². The average molecular weight is 271 g/mol. The van der Waals surface area contributed by atoms with E-state index in [1.165, 1.54) is 0 Å². The second-order valence-electron chi connectivity index (χ2n) is 4.77. The normalized spacial score (nSPS) is 11.9. The second-order valence-corrected chi connectivity index (χ2v) is 4.77. The Morgan fingerprint density at radius 2 is 1.68 bits per heavy atom. The van der Waals surface area contributed by atoms with Crippen molar-refractivity contribution < 1.29 is 9.59 Å². The van der Waals surface area contributed by atoms with Gasteiger partial charge < -0.3 is 16.0 Å². The Morgan fingerprint density at radius 1 is 0.947 bits per heavy atom. The summed E-state index contributed by atoms with van der Waals surface area (Å²) in [4.78, 5) is 23.0. The number of carbonyl (C=O) groups excluding carboxylic acids is 2. The van der Waals surface area contributed by atoms with Gasteiger partial charge in [-0.05, 0) is 19.8 Å². The van der Waals surface area contributed by atoms with Crippen LogP contribution >= 0.6 is 0 Å². The third-order valence-electron chi connectivity index (χ3n) is 2.85. The lowest BCUT2D eigenvalue weighted by atomic mass is 10.2. The van der Waals surface area contributed by atoms with E-state index in [1.54, 1.807) is 0 Å². The summed E-state index contributed by atoms with van der Waals surface area (Å²) < 4.78 is 0. The van der Waals surface area contributed by atoms with E-state index >= 15 is 0 Å². The maximum Gasteiger partial charge on any atom is 0.236 e. The van der Waals surface area contributed by atoms with Gasteiger partial charge in [-0.1, -0.05) is 26.7 Å². The molecule has 0 aromatic carbocycles. The molecule has 0 heterocycles. The lowest BCUT2D eigenvalue weighted by molar-refractivity contribution is -0.124. The fourth-order valence-corrected chi connectivity index (χ4v) is 1.59. The van der Waals surface area contributed by atoms with Gasteiger partial charge in [-0.25, -0.2) is 0 Å². The van der Waals surface area contributed by atoms with Crippen molar-refractivity contribution in [2.24, 2.45) is 0 Å². The van der Waals surface area contributed by atoms with Crippen LogP contribution in [0.5, 0.6) is 0 Å². The van der Waals surface area contributed by atoms with Crippen molar-refractivity contribution in [2.45, 2.75) is 58.9 Å². The molecule has 0 aromatic heterocycles. The van der Waals surface area contributed by atoms with Gasteiger partial charge >= 0.3 is 0 Å². The Bertz CT molecular complexity index is 257. The Hall–Kier alpha value is -1.10. The van der Waals surface area contributed by atoms with Crippen LogP contribution in [0.1, 0.15) is 52.9 Å². The van der Waals surface area contributed by atoms with E-state index in [1.807, 2.05) is 13.8 Å². The van der Waals surface area contributed by atoms with Gasteiger partial charge in [0.05, 0.1) is 6.04 Å². The lowest BCUT2D eigenvalue weighted by Crippen LogP contribution is -2.43. The highest BCUT2D eigenvalue weighted by molar-refractivity contribution is 5.81. The molecular weight excluding hydrogens is 242 g/mol. The number of hydrogen-bond acceptors (Lipinski definition) is 3. The first-order chi connectivity index (χ1) is 9.11. The smallest absolute Gasteiger partial charge is 0.236 e. The van der Waals surface area contributed by atoms with Crippen molar-refractivity contribution in [1.29, 1.82) is 0 Å². The van der Waals surface area contributed by atoms with E-state index in [4.69, 9.17) is 0 Å². The highest BCUT2D eigenvalue weighted by Crippen LogP contribution is 1.92. The standard InChI is InChI=1S/C14H29N3O2/c1-4-6-7-10-17-14(19)12(3)15-11-8-13(18)16-9-5-2/h12,15H,4-11H2,1-3H3,(H,16,18)(H,17,19). The molecule has 0 aliphatic heterocycles. The van der Waals surface area contributed by atoms with Crippen LogP contribution in [0.2, 0.25) is 0 Å². The van der Waals surface area contributed by atoms with Gasteiger partial charge in [0.2, 0.25) is 11.8 Å². The van der Waals surface area contributed by atoms with Gasteiger partial charge in [0.15, 0.2) is 0 Å². The average Bonchev–Trinajstić information content (AvgIpc) is 2.40. The van der Waals surface area contributed by atoms with Crippen molar-refractivity contribution in [3.63, 3.8) is 0 Å². The zero-order valence-corrected chi connectivity index (χ0v) is 12.6. The molecule has 1 atom stereocenters. The van der Waals surface area contributed by atoms with Gasteiger partial charge in [-0.3, -0.25) is 9.59 Å². The van der Waals surface area contributed by atoms with Crippen LogP contribution in [0.4, 0.5) is 0 Å². The molecule has 0 rings (SSSR count). The molecule has 0 aliphatic rings. The van der Waals surface area contributed by atoms with Gasteiger partial charge in [0.1, 0.15) is 0 Å². The van der Waals surface area contributed by atoms with Crippen molar-refractivity contribution >= 4 is 11.8 Å². The molecule has 1 unspecified atom stereocenters. The fraction of sp³-hybridized carbons (Fsp3) is 0.857. The number of unbranched alkanes of at least 4 members (excludes halogenated alkanes) is 2. The van der Waals surface area contributed by atoms with Crippen LogP contribution in [0.25, 0.3) is 0 Å². The minimum absolute atomic E-state index is 0.00469. The number of carbonyl (C=O) groups is 2. The molecule has 0 radical (unpaired) electrons. The molecule has 112 valence electrons. The molecule has 0 saturated heterocycles. The lowest BCUT2D eigenvalue weighted by Gasteiger charge is -2.13. The predicted octanol–water partition coefficient (Wildman–Crippen LogP) is 1.19. The predicted molar refractivity (Wildman–Crippen MR) is 77.9 cm³/mol. The molecule has 5 nitrogen and oxygen atoms in total. The van der Waals surface area contributed by atoms with E-state index in [0.717, 1.165) is 32.2 Å². The van der Waals surface area contributed by atoms with Crippen LogP contribution in [0.15, 0.2) is 0 Å². The molecule has 0 aliphatic carbocycles. The largest absolute Gasteiger partial charge is 0.356 e. The molecular formula is C14H29N3O2. The Morgan fingerprint density at radius 3 is 2.32 bits per heavy atom. The fourth-order valence-electron chi connectivity index (χ4n) is 1.59. The second kappa shape index (κ2) is 12.0. The SMILES string of the molecule is CCCCCNC(=O)C(C)NCCC(=O)NCCC. The number of rotatable bonds is 11. The maximum atomic E-state index is 11.7. The number of hydrogen-bond donors (Lipinski definition) is 3. The third-order valence-corrected chi connectivity index (χ3v) is 2.85. The quantitative estimate of drug-likeness (QED) is 0.494. The summed E-state index contributed by atoms with van der Waals surface area (Å²) in [5.41, 5.74) is 0. The molecule has 2 amide bonds. The Labute approximate surface area is 116 Å². The number of nitrogens with one attached hydrogen (secondary N) is 3. The van der Waals surface area contributed by atoms with Gasteiger partial charge in [-0.2, -0.15) is 0 Å². The molecule has 0 saturated carbocycles. The molecule has 0 aromatic rings. The molecule has 0 bridgehead atoms. The minimum Gasteiger partial charge on any atom is -0.356 e. The topological polar surface area (TPSA) is 70.2 Å². The van der Waals surface area contributed by atoms with Crippen molar-refractivity contribution in [3.8, 4) is 0 Å². The Balaban J connectivity index is 3.58. The molecule has 0 fully saturated rings. The van der Waals surface area contributed by atoms with Crippen LogP contribution in [0, 0.1) is 0 Å². The highest BCUT2D eigenvalue weighted by Gasteiger charge is 2.11. The zero-order chi connectivity index (χ0) is 14.5. The first-order valence-corrected chi connectivity index (χ1v) is 7.39. The van der Waals surface area contributed by atoms with E-state index in [9.17, 15) is 9.59 Å². The molecule has 0 spiro atoms. The van der Waals surface area contributed by atoms with Crippen molar-refractivity contribution in [3.05, 3.63) is 0 Å². The monoisotopic (exact) mass is 271 g/mol. The summed E-state index contributed by atoms with van der Waals surface area (Å²) in [6, 6.07) is -0.249. The van der Waals surface area contributed by atoms with E-state index in [0.29, 0.717) is 19.5 Å². The van der Waals surface area contributed by atoms with Crippen LogP contribution in [0.3, 0.4) is 0 Å². The van der Waals surface area contributed by atoms with E-state index in [-0.39, 0.29) is 17.9 Å². The van der Waals surface area contributed by atoms with Crippen LogP contribution in [-0.2, 0) is 9.59 Å². The van der Waals surface area contributed by atoms with Gasteiger partial charge in [0.25, 0.3) is 0 Å². The summed E-state index contributed by atoms with van der Waals surface area (Å²) in [5.74, 6) is 0.0370. The van der Waals surface area contributed by atoms with E-state index in [2.05, 4.69) is 22.9 Å².